The van der Waals surface area contributed by atoms with E-state index in [1.165, 1.54) is 23.1 Å². The lowest BCUT2D eigenvalue weighted by Crippen LogP contribution is -2.14. The number of anilines is 1. The second-order valence-corrected chi connectivity index (χ2v) is 7.40. The molecule has 0 unspecified atom stereocenters. The van der Waals surface area contributed by atoms with Gasteiger partial charge in [-0.3, -0.25) is 4.79 Å². The van der Waals surface area contributed by atoms with Crippen LogP contribution in [0.3, 0.4) is 0 Å². The molecular weight excluding hydrogens is 346 g/mol. The number of carbonyl (C=O) groups is 1. The molecule has 9 heteroatoms. The lowest BCUT2D eigenvalue weighted by molar-refractivity contribution is -0.113. The summed E-state index contributed by atoms with van der Waals surface area (Å²) < 4.78 is 7.16. The van der Waals surface area contributed by atoms with Gasteiger partial charge in [0.15, 0.2) is 16.1 Å². The number of rotatable bonds is 5. The molecule has 0 aliphatic heterocycles. The Labute approximate surface area is 147 Å². The van der Waals surface area contributed by atoms with E-state index in [-0.39, 0.29) is 11.7 Å². The molecule has 0 atom stereocenters. The minimum atomic E-state index is -0.113. The molecule has 0 aliphatic rings. The van der Waals surface area contributed by atoms with Gasteiger partial charge in [-0.25, -0.2) is 4.98 Å². The van der Waals surface area contributed by atoms with Crippen molar-refractivity contribution in [2.45, 2.75) is 25.9 Å². The molecule has 3 aromatic rings. The fourth-order valence-corrected chi connectivity index (χ4v) is 3.65. The number of thiazole rings is 1. The topological polar surface area (TPSA) is 85.8 Å². The first-order valence-corrected chi connectivity index (χ1v) is 9.06. The van der Waals surface area contributed by atoms with Gasteiger partial charge < -0.3 is 14.3 Å². The molecule has 7 nitrogen and oxygen atoms in total. The van der Waals surface area contributed by atoms with Crippen LogP contribution in [0.15, 0.2) is 21.9 Å². The Hall–Kier alpha value is -2.13. The third-order valence-electron chi connectivity index (χ3n) is 3.54. The average Bonchev–Trinajstić information content (AvgIpc) is 3.18. The van der Waals surface area contributed by atoms with Gasteiger partial charge in [0.1, 0.15) is 5.76 Å². The lowest BCUT2D eigenvalue weighted by atomic mass is 10.2. The maximum atomic E-state index is 12.1. The van der Waals surface area contributed by atoms with Crippen molar-refractivity contribution in [2.24, 2.45) is 7.05 Å². The fourth-order valence-electron chi connectivity index (χ4n) is 2.10. The van der Waals surface area contributed by atoms with E-state index in [0.717, 1.165) is 27.7 Å². The van der Waals surface area contributed by atoms with Crippen molar-refractivity contribution in [3.05, 3.63) is 28.7 Å². The van der Waals surface area contributed by atoms with Gasteiger partial charge in [-0.05, 0) is 26.8 Å². The van der Waals surface area contributed by atoms with E-state index in [0.29, 0.717) is 10.3 Å². The fraction of sp³-hybridized carbons (Fsp3) is 0.333. The second kappa shape index (κ2) is 6.78. The van der Waals surface area contributed by atoms with Crippen LogP contribution in [0.1, 0.15) is 16.3 Å². The predicted molar refractivity (Wildman–Crippen MR) is 94.4 cm³/mol. The zero-order valence-electron chi connectivity index (χ0n) is 13.8. The third kappa shape index (κ3) is 3.36. The van der Waals surface area contributed by atoms with Gasteiger partial charge in [0.05, 0.1) is 23.3 Å². The number of aryl methyl sites for hydroxylation is 3. The summed E-state index contributed by atoms with van der Waals surface area (Å²) in [6.07, 6.45) is 1.62. The third-order valence-corrected chi connectivity index (χ3v) is 5.55. The van der Waals surface area contributed by atoms with Crippen molar-refractivity contribution in [3.63, 3.8) is 0 Å². The molecule has 0 fully saturated rings. The van der Waals surface area contributed by atoms with Gasteiger partial charge in [0, 0.05) is 11.9 Å². The van der Waals surface area contributed by atoms with E-state index in [4.69, 9.17) is 4.42 Å². The maximum Gasteiger partial charge on any atom is 0.236 e. The standard InChI is InChI=1S/C15H17N5O2S2/c1-8-10(3)24-14(16-8)17-12(21)7-23-15-19-18-13(20(15)4)11-5-6-22-9(11)2/h5-6H,7H2,1-4H3,(H,16,17,21). The number of nitrogens with one attached hydrogen (secondary N) is 1. The monoisotopic (exact) mass is 363 g/mol. The number of hydrogen-bond donors (Lipinski definition) is 1. The van der Waals surface area contributed by atoms with Crippen LogP contribution in [0.4, 0.5) is 5.13 Å². The van der Waals surface area contributed by atoms with Crippen molar-refractivity contribution >= 4 is 34.1 Å². The number of carbonyl (C=O) groups excluding carboxylic acids is 1. The number of amides is 1. The molecular formula is C15H17N5O2S2. The molecule has 0 bridgehead atoms. The van der Waals surface area contributed by atoms with Gasteiger partial charge in [0.2, 0.25) is 5.91 Å². The molecule has 0 spiro atoms. The van der Waals surface area contributed by atoms with Crippen LogP contribution in [0.5, 0.6) is 0 Å². The maximum absolute atomic E-state index is 12.1. The van der Waals surface area contributed by atoms with Crippen LogP contribution in [0.2, 0.25) is 0 Å². The van der Waals surface area contributed by atoms with E-state index < -0.39 is 0 Å². The largest absolute Gasteiger partial charge is 0.469 e. The molecule has 3 rings (SSSR count). The number of furan rings is 1. The first kappa shape index (κ1) is 16.7. The van der Waals surface area contributed by atoms with E-state index in [9.17, 15) is 4.79 Å². The van der Waals surface area contributed by atoms with E-state index in [1.54, 1.807) is 6.26 Å². The van der Waals surface area contributed by atoms with Gasteiger partial charge in [-0.1, -0.05) is 11.8 Å². The van der Waals surface area contributed by atoms with E-state index in [2.05, 4.69) is 20.5 Å². The summed E-state index contributed by atoms with van der Waals surface area (Å²) in [6, 6.07) is 1.85. The van der Waals surface area contributed by atoms with Crippen molar-refractivity contribution in [1.29, 1.82) is 0 Å². The van der Waals surface area contributed by atoms with Crippen LogP contribution in [-0.4, -0.2) is 31.4 Å². The Morgan fingerprint density at radius 3 is 2.79 bits per heavy atom. The summed E-state index contributed by atoms with van der Waals surface area (Å²) in [5, 5.41) is 12.5. The number of aromatic nitrogens is 4. The molecule has 0 saturated heterocycles. The molecule has 1 amide bonds. The minimum Gasteiger partial charge on any atom is -0.469 e. The second-order valence-electron chi connectivity index (χ2n) is 5.25. The number of thioether (sulfide) groups is 1. The van der Waals surface area contributed by atoms with Crippen molar-refractivity contribution < 1.29 is 9.21 Å². The minimum absolute atomic E-state index is 0.113. The van der Waals surface area contributed by atoms with Crippen LogP contribution < -0.4 is 5.32 Å². The summed E-state index contributed by atoms with van der Waals surface area (Å²) in [7, 11) is 1.87. The predicted octanol–water partition coefficient (Wildman–Crippen LogP) is 3.19. The Kier molecular flexibility index (Phi) is 4.72. The first-order valence-electron chi connectivity index (χ1n) is 7.26. The van der Waals surface area contributed by atoms with Gasteiger partial charge in [0.25, 0.3) is 0 Å². The van der Waals surface area contributed by atoms with E-state index >= 15 is 0 Å². The van der Waals surface area contributed by atoms with Crippen molar-refractivity contribution in [1.82, 2.24) is 19.7 Å². The highest BCUT2D eigenvalue weighted by molar-refractivity contribution is 7.99. The molecule has 0 saturated carbocycles. The summed E-state index contributed by atoms with van der Waals surface area (Å²) in [4.78, 5) is 17.5. The van der Waals surface area contributed by atoms with Crippen molar-refractivity contribution in [2.75, 3.05) is 11.1 Å². The Morgan fingerprint density at radius 2 is 2.17 bits per heavy atom. The normalized spacial score (nSPS) is 11.0. The number of nitrogens with zero attached hydrogens (tertiary/aromatic N) is 4. The van der Waals surface area contributed by atoms with E-state index in [1.807, 2.05) is 38.5 Å². The summed E-state index contributed by atoms with van der Waals surface area (Å²) in [5.74, 6) is 1.64. The van der Waals surface area contributed by atoms with Crippen LogP contribution in [0.25, 0.3) is 11.4 Å². The highest BCUT2D eigenvalue weighted by atomic mass is 32.2. The zero-order chi connectivity index (χ0) is 17.3. The SMILES string of the molecule is Cc1nc(NC(=O)CSc2nnc(-c3ccoc3C)n2C)sc1C. The van der Waals surface area contributed by atoms with Crippen molar-refractivity contribution in [3.8, 4) is 11.4 Å². The molecule has 24 heavy (non-hydrogen) atoms. The quantitative estimate of drug-likeness (QED) is 0.701. The Bertz CT molecular complexity index is 861. The van der Waals surface area contributed by atoms with Crippen LogP contribution >= 0.6 is 23.1 Å². The molecule has 0 aliphatic carbocycles. The highest BCUT2D eigenvalue weighted by Crippen LogP contribution is 2.26. The van der Waals surface area contributed by atoms with Gasteiger partial charge in [-0.15, -0.1) is 21.5 Å². The van der Waals surface area contributed by atoms with Crippen LogP contribution in [0, 0.1) is 20.8 Å². The first-order chi connectivity index (χ1) is 11.5. The highest BCUT2D eigenvalue weighted by Gasteiger charge is 2.16. The molecule has 0 radical (unpaired) electrons. The molecule has 3 aromatic heterocycles. The zero-order valence-corrected chi connectivity index (χ0v) is 15.4. The Morgan fingerprint density at radius 1 is 1.38 bits per heavy atom. The smallest absolute Gasteiger partial charge is 0.236 e. The summed E-state index contributed by atoms with van der Waals surface area (Å²) in [5.41, 5.74) is 1.84. The lowest BCUT2D eigenvalue weighted by Gasteiger charge is -2.03. The molecule has 3 heterocycles. The molecule has 126 valence electrons. The van der Waals surface area contributed by atoms with Gasteiger partial charge in [-0.2, -0.15) is 0 Å². The van der Waals surface area contributed by atoms with Crippen LogP contribution in [-0.2, 0) is 11.8 Å². The summed E-state index contributed by atoms with van der Waals surface area (Å²) >= 11 is 2.81. The average molecular weight is 363 g/mol. The van der Waals surface area contributed by atoms with Gasteiger partial charge >= 0.3 is 0 Å². The molecule has 0 aromatic carbocycles. The Balaban J connectivity index is 1.64. The molecule has 1 N–H and O–H groups in total. The number of hydrogen-bond acceptors (Lipinski definition) is 7. The summed E-state index contributed by atoms with van der Waals surface area (Å²) in [6.45, 7) is 5.79.